The number of carbonyl (C=O) groups is 1. The van der Waals surface area contributed by atoms with E-state index in [0.29, 0.717) is 17.4 Å². The Morgan fingerprint density at radius 3 is 2.61 bits per heavy atom. The van der Waals surface area contributed by atoms with Crippen molar-refractivity contribution in [3.05, 3.63) is 54.9 Å². The minimum absolute atomic E-state index is 0.115. The van der Waals surface area contributed by atoms with Crippen LogP contribution in [-0.2, 0) is 4.79 Å². The number of nitrogens with zero attached hydrogens (tertiary/aromatic N) is 4. The van der Waals surface area contributed by atoms with Crippen molar-refractivity contribution >= 4 is 11.6 Å². The summed E-state index contributed by atoms with van der Waals surface area (Å²) in [7, 11) is 0. The van der Waals surface area contributed by atoms with Gasteiger partial charge in [-0.2, -0.15) is 0 Å². The molecule has 4 rings (SSSR count). The van der Waals surface area contributed by atoms with Crippen LogP contribution in [0.3, 0.4) is 0 Å². The number of anilines is 1. The molecule has 0 unspecified atom stereocenters. The van der Waals surface area contributed by atoms with Gasteiger partial charge in [0.1, 0.15) is 23.7 Å². The van der Waals surface area contributed by atoms with E-state index in [2.05, 4.69) is 20.3 Å². The lowest BCUT2D eigenvalue weighted by Crippen LogP contribution is -2.24. The van der Waals surface area contributed by atoms with Gasteiger partial charge in [-0.25, -0.2) is 15.0 Å². The Morgan fingerprint density at radius 2 is 1.89 bits per heavy atom. The van der Waals surface area contributed by atoms with E-state index in [0.717, 1.165) is 37.2 Å². The first-order valence-electron chi connectivity index (χ1n) is 9.60. The monoisotopic (exact) mass is 377 g/mol. The van der Waals surface area contributed by atoms with Crippen LogP contribution in [0.5, 0.6) is 11.6 Å². The number of amides is 1. The van der Waals surface area contributed by atoms with Gasteiger partial charge in [0.15, 0.2) is 0 Å². The number of aromatic nitrogens is 4. The van der Waals surface area contributed by atoms with E-state index in [1.54, 1.807) is 12.3 Å². The molecule has 1 fully saturated rings. The number of nitrogens with one attached hydrogen (secondary N) is 1. The lowest BCUT2D eigenvalue weighted by Gasteiger charge is -2.20. The molecule has 0 atom stereocenters. The summed E-state index contributed by atoms with van der Waals surface area (Å²) in [6.45, 7) is 1.91. The Hall–Kier alpha value is -3.22. The van der Waals surface area contributed by atoms with Gasteiger partial charge in [-0.15, -0.1) is 0 Å². The lowest BCUT2D eigenvalue weighted by atomic mass is 9.88. The van der Waals surface area contributed by atoms with Gasteiger partial charge in [-0.05, 0) is 44.0 Å². The third kappa shape index (κ3) is 4.19. The molecule has 3 aromatic rings. The predicted molar refractivity (Wildman–Crippen MR) is 106 cm³/mol. The first-order valence-corrected chi connectivity index (χ1v) is 9.60. The summed E-state index contributed by atoms with van der Waals surface area (Å²) in [5, 5.41) is 3.01. The summed E-state index contributed by atoms with van der Waals surface area (Å²) in [6, 6.07) is 9.09. The minimum Gasteiger partial charge on any atom is -0.439 e. The fraction of sp³-hybridized carbons (Fsp3) is 0.333. The Bertz CT molecular complexity index is 945. The van der Waals surface area contributed by atoms with Crippen LogP contribution in [0.2, 0.25) is 0 Å². The lowest BCUT2D eigenvalue weighted by molar-refractivity contribution is -0.120. The molecule has 1 N–H and O–H groups in total. The first-order chi connectivity index (χ1) is 13.7. The number of aryl methyl sites for hydroxylation is 1. The van der Waals surface area contributed by atoms with Gasteiger partial charge in [0, 0.05) is 30.1 Å². The fourth-order valence-electron chi connectivity index (χ4n) is 3.47. The van der Waals surface area contributed by atoms with E-state index < -0.39 is 0 Å². The molecule has 2 heterocycles. The molecule has 2 aromatic heterocycles. The second-order valence-corrected chi connectivity index (χ2v) is 7.01. The van der Waals surface area contributed by atoms with Crippen LogP contribution >= 0.6 is 0 Å². The summed E-state index contributed by atoms with van der Waals surface area (Å²) in [6.07, 6.45) is 10.5. The van der Waals surface area contributed by atoms with E-state index in [-0.39, 0.29) is 11.8 Å². The van der Waals surface area contributed by atoms with Gasteiger partial charge in [-0.1, -0.05) is 19.3 Å². The van der Waals surface area contributed by atoms with Gasteiger partial charge in [0.25, 0.3) is 0 Å². The molecule has 1 saturated carbocycles. The zero-order valence-electron chi connectivity index (χ0n) is 15.8. The smallest absolute Gasteiger partial charge is 0.227 e. The van der Waals surface area contributed by atoms with Crippen molar-refractivity contribution in [3.63, 3.8) is 0 Å². The molecule has 0 aliphatic heterocycles. The number of benzene rings is 1. The third-order valence-corrected chi connectivity index (χ3v) is 5.02. The van der Waals surface area contributed by atoms with E-state index in [4.69, 9.17) is 4.74 Å². The number of hydrogen-bond acceptors (Lipinski definition) is 5. The third-order valence-electron chi connectivity index (χ3n) is 5.02. The number of ether oxygens (including phenoxy) is 1. The maximum atomic E-state index is 12.4. The Labute approximate surface area is 163 Å². The number of imidazole rings is 1. The summed E-state index contributed by atoms with van der Waals surface area (Å²) in [4.78, 5) is 25.0. The average Bonchev–Trinajstić information content (AvgIpc) is 3.16. The molecule has 144 valence electrons. The molecule has 1 aliphatic rings. The van der Waals surface area contributed by atoms with Gasteiger partial charge in [0.2, 0.25) is 11.8 Å². The minimum atomic E-state index is 0.115. The molecule has 28 heavy (non-hydrogen) atoms. The van der Waals surface area contributed by atoms with Crippen LogP contribution in [-0.4, -0.2) is 25.4 Å². The van der Waals surface area contributed by atoms with Crippen molar-refractivity contribution in [1.82, 2.24) is 19.5 Å². The number of hydrogen-bond donors (Lipinski definition) is 1. The van der Waals surface area contributed by atoms with Gasteiger partial charge in [-0.3, -0.25) is 9.36 Å². The summed E-state index contributed by atoms with van der Waals surface area (Å²) in [5.41, 5.74) is 0.778. The average molecular weight is 377 g/mol. The number of rotatable bonds is 5. The summed E-state index contributed by atoms with van der Waals surface area (Å²) < 4.78 is 7.70. The van der Waals surface area contributed by atoms with Crippen LogP contribution in [0.4, 0.5) is 5.69 Å². The molecule has 0 bridgehead atoms. The predicted octanol–water partition coefficient (Wildman–Crippen LogP) is 4.28. The van der Waals surface area contributed by atoms with Crippen LogP contribution < -0.4 is 10.1 Å². The normalized spacial score (nSPS) is 14.6. The van der Waals surface area contributed by atoms with E-state index in [1.165, 1.54) is 12.7 Å². The van der Waals surface area contributed by atoms with Gasteiger partial charge in [0.05, 0.1) is 0 Å². The van der Waals surface area contributed by atoms with Crippen LogP contribution in [0.1, 0.15) is 37.9 Å². The van der Waals surface area contributed by atoms with E-state index in [1.807, 2.05) is 42.0 Å². The highest BCUT2D eigenvalue weighted by Gasteiger charge is 2.21. The van der Waals surface area contributed by atoms with Crippen LogP contribution in [0, 0.1) is 12.8 Å². The molecule has 1 amide bonds. The van der Waals surface area contributed by atoms with Crippen LogP contribution in [0.25, 0.3) is 5.82 Å². The highest BCUT2D eigenvalue weighted by atomic mass is 16.5. The van der Waals surface area contributed by atoms with Crippen molar-refractivity contribution in [2.75, 3.05) is 5.32 Å². The fourth-order valence-corrected chi connectivity index (χ4v) is 3.47. The molecular formula is C21H23N5O2. The van der Waals surface area contributed by atoms with E-state index >= 15 is 0 Å². The summed E-state index contributed by atoms with van der Waals surface area (Å²) >= 11 is 0. The molecule has 1 aromatic carbocycles. The standard InChI is InChI=1S/C21H23N5O2/c1-15-22-11-12-26(15)19-13-20(24-14-23-19)28-18-9-7-17(8-10-18)25-21(27)16-5-3-2-4-6-16/h7-14,16H,2-6H2,1H3,(H,25,27). The second kappa shape index (κ2) is 8.21. The topological polar surface area (TPSA) is 81.9 Å². The number of carbonyl (C=O) groups excluding carboxylic acids is 1. The zero-order valence-corrected chi connectivity index (χ0v) is 15.8. The molecule has 7 nitrogen and oxygen atoms in total. The molecular weight excluding hydrogens is 354 g/mol. The maximum Gasteiger partial charge on any atom is 0.227 e. The first kappa shape index (κ1) is 18.2. The zero-order chi connectivity index (χ0) is 19.3. The van der Waals surface area contributed by atoms with E-state index in [9.17, 15) is 4.79 Å². The molecule has 7 heteroatoms. The highest BCUT2D eigenvalue weighted by Crippen LogP contribution is 2.26. The van der Waals surface area contributed by atoms with Crippen molar-refractivity contribution in [2.45, 2.75) is 39.0 Å². The Kier molecular flexibility index (Phi) is 5.32. The largest absolute Gasteiger partial charge is 0.439 e. The molecule has 0 spiro atoms. The van der Waals surface area contributed by atoms with Gasteiger partial charge < -0.3 is 10.1 Å². The molecule has 0 radical (unpaired) electrons. The van der Waals surface area contributed by atoms with Crippen LogP contribution in [0.15, 0.2) is 49.1 Å². The highest BCUT2D eigenvalue weighted by molar-refractivity contribution is 5.92. The van der Waals surface area contributed by atoms with Crippen molar-refractivity contribution in [1.29, 1.82) is 0 Å². The Morgan fingerprint density at radius 1 is 1.11 bits per heavy atom. The Balaban J connectivity index is 1.41. The second-order valence-electron chi connectivity index (χ2n) is 7.01. The molecule has 0 saturated heterocycles. The van der Waals surface area contributed by atoms with Gasteiger partial charge >= 0.3 is 0 Å². The molecule has 1 aliphatic carbocycles. The SMILES string of the molecule is Cc1nccn1-c1cc(Oc2ccc(NC(=O)C3CCCCC3)cc2)ncn1. The van der Waals surface area contributed by atoms with Crippen molar-refractivity contribution in [3.8, 4) is 17.4 Å². The summed E-state index contributed by atoms with van der Waals surface area (Å²) in [5.74, 6) is 2.86. The van der Waals surface area contributed by atoms with Crippen molar-refractivity contribution in [2.24, 2.45) is 5.92 Å². The maximum absolute atomic E-state index is 12.4. The quantitative estimate of drug-likeness (QED) is 0.717. The van der Waals surface area contributed by atoms with Crippen molar-refractivity contribution < 1.29 is 9.53 Å².